The Morgan fingerprint density at radius 2 is 1.94 bits per heavy atom. The molecule has 0 spiro atoms. The number of nitriles is 1. The molecule has 8 nitrogen and oxygen atoms in total. The third-order valence-electron chi connectivity index (χ3n) is 5.19. The molecule has 34 heavy (non-hydrogen) atoms. The fraction of sp³-hybridized carbons (Fsp3) is 0.280. The van der Waals surface area contributed by atoms with Gasteiger partial charge in [-0.2, -0.15) is 5.26 Å². The second kappa shape index (κ2) is 11.3. The van der Waals surface area contributed by atoms with Crippen LogP contribution in [0, 0.1) is 32.1 Å². The van der Waals surface area contributed by atoms with Gasteiger partial charge in [0.05, 0.1) is 23.7 Å². The number of halogens is 1. The number of nitrogens with zero attached hydrogens (tertiary/aromatic N) is 3. The van der Waals surface area contributed by atoms with Crippen LogP contribution in [0.25, 0.3) is 0 Å². The molecule has 0 unspecified atom stereocenters. The first-order chi connectivity index (χ1) is 16.3. The van der Waals surface area contributed by atoms with Gasteiger partial charge < -0.3 is 18.9 Å². The minimum Gasteiger partial charge on any atom is -0.488 e. The maximum Gasteiger partial charge on any atom is 0.342 e. The van der Waals surface area contributed by atoms with Crippen molar-refractivity contribution in [1.82, 2.24) is 5.16 Å². The van der Waals surface area contributed by atoms with E-state index in [2.05, 4.69) is 5.16 Å². The lowest BCUT2D eigenvalue weighted by Gasteiger charge is -2.22. The SMILES string of the molecule is Cc1cc(N(CCC#N)C(=O)COC(=O)c2ccccc2OCc2c(C)noc2C)ccc1Cl. The first-order valence-corrected chi connectivity index (χ1v) is 10.9. The Hall–Kier alpha value is -3.83. The molecule has 1 heterocycles. The fourth-order valence-corrected chi connectivity index (χ4v) is 3.38. The number of carbonyl (C=O) groups is 2. The molecule has 0 atom stereocenters. The van der Waals surface area contributed by atoms with E-state index in [1.807, 2.05) is 13.0 Å². The molecule has 2 aromatic carbocycles. The number of hydrogen-bond acceptors (Lipinski definition) is 7. The Labute approximate surface area is 202 Å². The fourth-order valence-electron chi connectivity index (χ4n) is 3.26. The van der Waals surface area contributed by atoms with Crippen LogP contribution in [0.4, 0.5) is 5.69 Å². The lowest BCUT2D eigenvalue weighted by Crippen LogP contribution is -2.35. The number of rotatable bonds is 9. The van der Waals surface area contributed by atoms with Gasteiger partial charge in [0.25, 0.3) is 5.91 Å². The Bertz CT molecular complexity index is 1210. The lowest BCUT2D eigenvalue weighted by molar-refractivity contribution is -0.121. The average molecular weight is 482 g/mol. The van der Waals surface area contributed by atoms with Crippen molar-refractivity contribution >= 4 is 29.2 Å². The zero-order valence-electron chi connectivity index (χ0n) is 19.1. The zero-order chi connectivity index (χ0) is 24.7. The number of ether oxygens (including phenoxy) is 2. The van der Waals surface area contributed by atoms with Crippen molar-refractivity contribution in [2.24, 2.45) is 0 Å². The van der Waals surface area contributed by atoms with Crippen LogP contribution in [0.1, 0.15) is 39.4 Å². The van der Waals surface area contributed by atoms with Gasteiger partial charge in [0.2, 0.25) is 0 Å². The minimum absolute atomic E-state index is 0.125. The van der Waals surface area contributed by atoms with Crippen LogP contribution < -0.4 is 9.64 Å². The molecular formula is C25H24ClN3O5. The molecule has 0 aliphatic carbocycles. The van der Waals surface area contributed by atoms with E-state index >= 15 is 0 Å². The highest BCUT2D eigenvalue weighted by molar-refractivity contribution is 6.31. The highest BCUT2D eigenvalue weighted by atomic mass is 35.5. The summed E-state index contributed by atoms with van der Waals surface area (Å²) in [5.74, 6) is -0.206. The van der Waals surface area contributed by atoms with E-state index in [1.165, 1.54) is 4.90 Å². The molecule has 0 radical (unpaired) electrons. The smallest absolute Gasteiger partial charge is 0.342 e. The van der Waals surface area contributed by atoms with E-state index in [-0.39, 0.29) is 25.1 Å². The van der Waals surface area contributed by atoms with E-state index in [1.54, 1.807) is 56.3 Å². The molecule has 0 aliphatic heterocycles. The van der Waals surface area contributed by atoms with E-state index in [4.69, 9.17) is 30.9 Å². The molecule has 0 bridgehead atoms. The first kappa shape index (κ1) is 24.8. The quantitative estimate of drug-likeness (QED) is 0.398. The molecule has 0 aliphatic rings. The molecule has 1 amide bonds. The molecule has 0 saturated heterocycles. The largest absolute Gasteiger partial charge is 0.488 e. The van der Waals surface area contributed by atoms with Gasteiger partial charge >= 0.3 is 5.97 Å². The van der Waals surface area contributed by atoms with Crippen molar-refractivity contribution in [2.75, 3.05) is 18.1 Å². The van der Waals surface area contributed by atoms with E-state index in [0.717, 1.165) is 11.1 Å². The summed E-state index contributed by atoms with van der Waals surface area (Å²) in [7, 11) is 0. The van der Waals surface area contributed by atoms with Crippen LogP contribution in [-0.2, 0) is 16.1 Å². The molecular weight excluding hydrogens is 458 g/mol. The molecule has 3 aromatic rings. The number of amides is 1. The Morgan fingerprint density at radius 3 is 2.62 bits per heavy atom. The second-order valence-electron chi connectivity index (χ2n) is 7.55. The summed E-state index contributed by atoms with van der Waals surface area (Å²) in [6, 6.07) is 13.8. The van der Waals surface area contributed by atoms with Gasteiger partial charge in [0.1, 0.15) is 23.7 Å². The van der Waals surface area contributed by atoms with Crippen LogP contribution in [-0.4, -0.2) is 30.2 Å². The van der Waals surface area contributed by atoms with Gasteiger partial charge in [0, 0.05) is 17.3 Å². The number of benzene rings is 2. The molecule has 0 saturated carbocycles. The predicted molar refractivity (Wildman–Crippen MR) is 126 cm³/mol. The van der Waals surface area contributed by atoms with Crippen LogP contribution in [0.3, 0.4) is 0 Å². The summed E-state index contributed by atoms with van der Waals surface area (Å²) in [4.78, 5) is 27.0. The second-order valence-corrected chi connectivity index (χ2v) is 7.96. The minimum atomic E-state index is -0.699. The first-order valence-electron chi connectivity index (χ1n) is 10.6. The van der Waals surface area contributed by atoms with Gasteiger partial charge in [0.15, 0.2) is 6.61 Å². The van der Waals surface area contributed by atoms with Crippen LogP contribution in [0.5, 0.6) is 5.75 Å². The Balaban J connectivity index is 1.69. The van der Waals surface area contributed by atoms with E-state index in [9.17, 15) is 9.59 Å². The maximum absolute atomic E-state index is 12.9. The van der Waals surface area contributed by atoms with Crippen molar-refractivity contribution in [2.45, 2.75) is 33.8 Å². The lowest BCUT2D eigenvalue weighted by atomic mass is 10.2. The number of aryl methyl sites for hydroxylation is 3. The molecule has 0 fully saturated rings. The number of hydrogen-bond donors (Lipinski definition) is 0. The van der Waals surface area contributed by atoms with Crippen molar-refractivity contribution < 1.29 is 23.6 Å². The van der Waals surface area contributed by atoms with Crippen molar-refractivity contribution in [1.29, 1.82) is 5.26 Å². The topological polar surface area (TPSA) is 106 Å². The number of para-hydroxylation sites is 1. The van der Waals surface area contributed by atoms with Crippen molar-refractivity contribution in [3.05, 3.63) is 75.6 Å². The molecule has 1 aromatic heterocycles. The van der Waals surface area contributed by atoms with Crippen LogP contribution in [0.2, 0.25) is 5.02 Å². The predicted octanol–water partition coefficient (Wildman–Crippen LogP) is 4.94. The summed E-state index contributed by atoms with van der Waals surface area (Å²) in [5, 5.41) is 13.4. The summed E-state index contributed by atoms with van der Waals surface area (Å²) in [6.07, 6.45) is 0.125. The Morgan fingerprint density at radius 1 is 1.18 bits per heavy atom. The molecule has 0 N–H and O–H groups in total. The summed E-state index contributed by atoms with van der Waals surface area (Å²) in [5.41, 5.74) is 3.05. The maximum atomic E-state index is 12.9. The van der Waals surface area contributed by atoms with Gasteiger partial charge in [-0.05, 0) is 56.7 Å². The van der Waals surface area contributed by atoms with Crippen LogP contribution in [0.15, 0.2) is 47.0 Å². The van der Waals surface area contributed by atoms with Crippen molar-refractivity contribution in [3.8, 4) is 11.8 Å². The average Bonchev–Trinajstić information content (AvgIpc) is 3.15. The third kappa shape index (κ3) is 5.94. The number of carbonyl (C=O) groups excluding carboxylic acids is 2. The van der Waals surface area contributed by atoms with Crippen molar-refractivity contribution in [3.63, 3.8) is 0 Å². The number of anilines is 1. The van der Waals surface area contributed by atoms with Crippen LogP contribution >= 0.6 is 11.6 Å². The number of aromatic nitrogens is 1. The standard InChI is InChI=1S/C25H24ClN3O5/c1-16-13-19(9-10-22(16)26)29(12-6-11-27)24(30)15-33-25(31)20-7-4-5-8-23(20)32-14-21-17(2)28-34-18(21)3/h4-5,7-10,13H,6,12,14-15H2,1-3H3. The normalized spacial score (nSPS) is 10.4. The highest BCUT2D eigenvalue weighted by Crippen LogP contribution is 2.24. The van der Waals surface area contributed by atoms with E-state index in [0.29, 0.717) is 27.9 Å². The number of esters is 1. The van der Waals surface area contributed by atoms with Gasteiger partial charge in [-0.3, -0.25) is 4.79 Å². The highest BCUT2D eigenvalue weighted by Gasteiger charge is 2.21. The molecule has 3 rings (SSSR count). The van der Waals surface area contributed by atoms with Gasteiger partial charge in [-0.1, -0.05) is 28.9 Å². The summed E-state index contributed by atoms with van der Waals surface area (Å²) in [6.45, 7) is 5.24. The Kier molecular flexibility index (Phi) is 8.28. The molecule has 176 valence electrons. The molecule has 9 heteroatoms. The van der Waals surface area contributed by atoms with E-state index < -0.39 is 18.5 Å². The third-order valence-corrected chi connectivity index (χ3v) is 5.61. The summed E-state index contributed by atoms with van der Waals surface area (Å²) < 4.78 is 16.3. The van der Waals surface area contributed by atoms with Gasteiger partial charge in [-0.15, -0.1) is 0 Å². The zero-order valence-corrected chi connectivity index (χ0v) is 19.9. The van der Waals surface area contributed by atoms with Gasteiger partial charge in [-0.25, -0.2) is 4.79 Å². The summed E-state index contributed by atoms with van der Waals surface area (Å²) >= 11 is 6.08. The monoisotopic (exact) mass is 481 g/mol.